The third-order valence-electron chi connectivity index (χ3n) is 5.43. The van der Waals surface area contributed by atoms with E-state index in [0.717, 1.165) is 10.6 Å². The highest BCUT2D eigenvalue weighted by molar-refractivity contribution is 6.32. The van der Waals surface area contributed by atoms with Gasteiger partial charge < -0.3 is 10.2 Å². The Morgan fingerprint density at radius 3 is 2.32 bits per heavy atom. The van der Waals surface area contributed by atoms with E-state index >= 15 is 0 Å². The second-order valence-electron chi connectivity index (χ2n) is 8.14. The Morgan fingerprint density at radius 1 is 1.05 bits per heavy atom. The van der Waals surface area contributed by atoms with E-state index in [1.807, 2.05) is 0 Å². The molecule has 0 fully saturated rings. The van der Waals surface area contributed by atoms with E-state index in [1.165, 1.54) is 54.1 Å². The van der Waals surface area contributed by atoms with E-state index in [2.05, 4.69) is 10.1 Å². The van der Waals surface area contributed by atoms with Gasteiger partial charge in [0.05, 0.1) is 24.5 Å². The molecule has 2 aromatic heterocycles. The van der Waals surface area contributed by atoms with E-state index < -0.39 is 43.0 Å². The summed E-state index contributed by atoms with van der Waals surface area (Å²) in [7, 11) is 0. The van der Waals surface area contributed by atoms with Crippen molar-refractivity contribution in [3.05, 3.63) is 86.7 Å². The van der Waals surface area contributed by atoms with Crippen molar-refractivity contribution in [1.29, 1.82) is 0 Å². The van der Waals surface area contributed by atoms with Crippen LogP contribution in [0.4, 0.5) is 17.6 Å². The zero-order valence-electron chi connectivity index (χ0n) is 19.0. The predicted octanol–water partition coefficient (Wildman–Crippen LogP) is 4.37. The van der Waals surface area contributed by atoms with Crippen LogP contribution >= 0.6 is 23.2 Å². The van der Waals surface area contributed by atoms with E-state index in [-0.39, 0.29) is 33.7 Å². The summed E-state index contributed by atoms with van der Waals surface area (Å²) in [5.41, 5.74) is -0.552. The lowest BCUT2D eigenvalue weighted by Crippen LogP contribution is -2.37. The van der Waals surface area contributed by atoms with Crippen LogP contribution in [0.5, 0.6) is 0 Å². The highest BCUT2D eigenvalue weighted by atomic mass is 35.5. The molecule has 0 aliphatic rings. The van der Waals surface area contributed by atoms with Crippen molar-refractivity contribution >= 4 is 23.2 Å². The largest absolute Gasteiger partial charge is 0.416 e. The molecule has 0 saturated heterocycles. The molecule has 2 heterocycles. The maximum Gasteiger partial charge on any atom is 0.416 e. The van der Waals surface area contributed by atoms with Gasteiger partial charge in [-0.15, -0.1) is 5.10 Å². The first-order valence-electron chi connectivity index (χ1n) is 10.8. The molecule has 1 unspecified atom stereocenters. The summed E-state index contributed by atoms with van der Waals surface area (Å²) in [6, 6.07) is 11.2. The summed E-state index contributed by atoms with van der Waals surface area (Å²) >= 11 is 12.4. The molecular formula is C23H19Cl2F4N5O3. The average Bonchev–Trinajstić information content (AvgIpc) is 3.35. The minimum Gasteiger partial charge on any atom is -0.385 e. The number of aromatic nitrogens is 5. The summed E-state index contributed by atoms with van der Waals surface area (Å²) in [6.45, 7) is -0.117. The van der Waals surface area contributed by atoms with Crippen LogP contribution in [0.1, 0.15) is 24.7 Å². The molecule has 0 radical (unpaired) electrons. The summed E-state index contributed by atoms with van der Waals surface area (Å²) in [4.78, 5) is 17.6. The molecule has 2 N–H and O–H groups in total. The topological polar surface area (TPSA) is 98.1 Å². The van der Waals surface area contributed by atoms with Crippen molar-refractivity contribution in [3.63, 3.8) is 0 Å². The van der Waals surface area contributed by atoms with Gasteiger partial charge in [-0.3, -0.25) is 9.13 Å². The number of aliphatic hydroxyl groups is 2. The smallest absolute Gasteiger partial charge is 0.385 e. The number of alkyl halides is 3. The molecule has 0 aliphatic heterocycles. The number of benzene rings is 2. The number of halogens is 6. The quantitative estimate of drug-likeness (QED) is 0.328. The summed E-state index contributed by atoms with van der Waals surface area (Å²) in [5.74, 6) is -0.569. The van der Waals surface area contributed by atoms with Crippen LogP contribution in [0.3, 0.4) is 0 Å². The Hall–Kier alpha value is -3.19. The fraction of sp³-hybridized carbons (Fsp3) is 0.261. The summed E-state index contributed by atoms with van der Waals surface area (Å²) in [5, 5.41) is 24.0. The normalized spacial score (nSPS) is 13.6. The van der Waals surface area contributed by atoms with Gasteiger partial charge in [0.1, 0.15) is 17.1 Å². The molecule has 8 nitrogen and oxygen atoms in total. The molecule has 14 heteroatoms. The molecule has 4 rings (SSSR count). The second-order valence-corrected chi connectivity index (χ2v) is 8.93. The third-order valence-corrected chi connectivity index (χ3v) is 6.07. The molecular weight excluding hydrogens is 541 g/mol. The Labute approximate surface area is 216 Å². The lowest BCUT2D eigenvalue weighted by molar-refractivity contribution is -0.207. The molecule has 0 saturated carbocycles. The lowest BCUT2D eigenvalue weighted by Gasteiger charge is -2.16. The SMILES string of the molecule is C[C@H](O)c1nc(Cn2c(Cl)c(-c3ccc(Cl)cc3)n(CC(O)C(F)(F)F)c2=O)n(-c2cccc(F)c2)n1. The van der Waals surface area contributed by atoms with Crippen LogP contribution in [0, 0.1) is 5.82 Å². The monoisotopic (exact) mass is 559 g/mol. The Morgan fingerprint density at radius 2 is 1.73 bits per heavy atom. The van der Waals surface area contributed by atoms with Crippen LogP contribution in [-0.4, -0.2) is 46.4 Å². The molecule has 196 valence electrons. The van der Waals surface area contributed by atoms with Gasteiger partial charge in [-0.05, 0) is 37.3 Å². The highest BCUT2D eigenvalue weighted by Crippen LogP contribution is 2.31. The van der Waals surface area contributed by atoms with Crippen LogP contribution < -0.4 is 5.69 Å². The highest BCUT2D eigenvalue weighted by Gasteiger charge is 2.39. The fourth-order valence-electron chi connectivity index (χ4n) is 3.63. The Kier molecular flexibility index (Phi) is 7.47. The van der Waals surface area contributed by atoms with Crippen LogP contribution in [0.25, 0.3) is 16.9 Å². The second kappa shape index (κ2) is 10.3. The van der Waals surface area contributed by atoms with E-state index in [9.17, 15) is 32.6 Å². The van der Waals surface area contributed by atoms with Crippen LogP contribution in [0.15, 0.2) is 53.3 Å². The number of imidazole rings is 1. The summed E-state index contributed by atoms with van der Waals surface area (Å²) in [6.07, 6.45) is -8.95. The first-order valence-corrected chi connectivity index (χ1v) is 11.5. The first-order chi connectivity index (χ1) is 17.4. The minimum atomic E-state index is -4.99. The van der Waals surface area contributed by atoms with Crippen molar-refractivity contribution in [1.82, 2.24) is 23.9 Å². The third kappa shape index (κ3) is 5.57. The van der Waals surface area contributed by atoms with E-state index in [1.54, 1.807) is 0 Å². The standard InChI is InChI=1S/C23H19Cl2F4N5O3/c1-12(35)21-30-18(34(31-21)16-4-2-3-15(26)9-16)11-33-20(25)19(13-5-7-14(24)8-6-13)32(22(33)37)10-17(36)23(27,28)29/h2-9,12,17,35-36H,10-11H2,1H3/t12-,17?/m0/s1. The molecule has 0 bridgehead atoms. The molecule has 0 amide bonds. The van der Waals surface area contributed by atoms with Gasteiger partial charge >= 0.3 is 11.9 Å². The van der Waals surface area contributed by atoms with Gasteiger partial charge in [-0.25, -0.2) is 18.9 Å². The van der Waals surface area contributed by atoms with E-state index in [4.69, 9.17) is 23.2 Å². The number of rotatable bonds is 7. The molecule has 0 spiro atoms. The van der Waals surface area contributed by atoms with Gasteiger partial charge in [-0.1, -0.05) is 41.4 Å². The van der Waals surface area contributed by atoms with Gasteiger partial charge in [0, 0.05) is 10.6 Å². The fourth-order valence-corrected chi connectivity index (χ4v) is 4.10. The number of aliphatic hydroxyl groups excluding tert-OH is 2. The minimum absolute atomic E-state index is 0.0340. The molecule has 0 aliphatic carbocycles. The molecule has 2 atom stereocenters. The molecule has 2 aromatic carbocycles. The van der Waals surface area contributed by atoms with E-state index in [0.29, 0.717) is 9.59 Å². The number of hydrogen-bond acceptors (Lipinski definition) is 5. The Balaban J connectivity index is 1.87. The van der Waals surface area contributed by atoms with Crippen LogP contribution in [0.2, 0.25) is 10.2 Å². The van der Waals surface area contributed by atoms with Crippen molar-refractivity contribution < 1.29 is 27.8 Å². The van der Waals surface area contributed by atoms with Gasteiger partial charge in [0.25, 0.3) is 0 Å². The molecule has 37 heavy (non-hydrogen) atoms. The first kappa shape index (κ1) is 26.9. The maximum atomic E-state index is 13.9. The van der Waals surface area contributed by atoms with Gasteiger partial charge in [-0.2, -0.15) is 13.2 Å². The van der Waals surface area contributed by atoms with Crippen LogP contribution in [-0.2, 0) is 13.1 Å². The Bertz CT molecular complexity index is 1480. The van der Waals surface area contributed by atoms with Gasteiger partial charge in [0.15, 0.2) is 17.8 Å². The maximum absolute atomic E-state index is 13.9. The van der Waals surface area contributed by atoms with Crippen molar-refractivity contribution in [2.45, 2.75) is 38.4 Å². The average molecular weight is 560 g/mol. The molecule has 4 aromatic rings. The van der Waals surface area contributed by atoms with Crippen molar-refractivity contribution in [2.75, 3.05) is 0 Å². The van der Waals surface area contributed by atoms with Crippen molar-refractivity contribution in [3.8, 4) is 16.9 Å². The number of nitrogens with zero attached hydrogens (tertiary/aromatic N) is 5. The number of hydrogen-bond donors (Lipinski definition) is 2. The lowest BCUT2D eigenvalue weighted by atomic mass is 10.1. The zero-order chi connectivity index (χ0) is 27.1. The summed E-state index contributed by atoms with van der Waals surface area (Å²) < 4.78 is 56.2. The van der Waals surface area contributed by atoms with Crippen molar-refractivity contribution in [2.24, 2.45) is 0 Å². The zero-order valence-corrected chi connectivity index (χ0v) is 20.5. The van der Waals surface area contributed by atoms with Gasteiger partial charge in [0.2, 0.25) is 0 Å². The predicted molar refractivity (Wildman–Crippen MR) is 127 cm³/mol.